The number of carboxylic acid groups (broad SMARTS) is 1. The fourth-order valence-corrected chi connectivity index (χ4v) is 3.27. The Hall–Kier alpha value is -2.54. The van der Waals surface area contributed by atoms with Gasteiger partial charge in [-0.15, -0.1) is 0 Å². The van der Waals surface area contributed by atoms with Gasteiger partial charge in [0.2, 0.25) is 17.7 Å². The van der Waals surface area contributed by atoms with E-state index in [0.29, 0.717) is 31.6 Å². The first kappa shape index (κ1) is 30.5. The second-order valence-corrected chi connectivity index (χ2v) is 9.14. The smallest absolute Gasteiger partial charge is 0.326 e. The normalized spacial score (nSPS) is 14.5. The van der Waals surface area contributed by atoms with Crippen LogP contribution < -0.4 is 33.2 Å². The topological polar surface area (TPSA) is 215 Å². The van der Waals surface area contributed by atoms with Crippen LogP contribution in [0.3, 0.4) is 0 Å². The second kappa shape index (κ2) is 16.1. The number of nitrogens with two attached hydrogens (primary N) is 3. The number of aliphatic imine (C=N–C) groups is 1. The molecule has 4 unspecified atom stereocenters. The highest BCUT2D eigenvalue weighted by Crippen LogP contribution is 2.08. The Morgan fingerprint density at radius 3 is 2.06 bits per heavy atom. The molecule has 0 rings (SSSR count). The number of amides is 3. The van der Waals surface area contributed by atoms with Crippen molar-refractivity contribution in [3.63, 3.8) is 0 Å². The second-order valence-electron chi connectivity index (χ2n) is 8.16. The summed E-state index contributed by atoms with van der Waals surface area (Å²) in [6, 6.07) is -3.79. The Morgan fingerprint density at radius 2 is 1.55 bits per heavy atom. The summed E-state index contributed by atoms with van der Waals surface area (Å²) in [6.45, 7) is 5.56. The minimum Gasteiger partial charge on any atom is -0.480 e. The van der Waals surface area contributed by atoms with Gasteiger partial charge in [0.1, 0.15) is 18.1 Å². The summed E-state index contributed by atoms with van der Waals surface area (Å²) < 4.78 is 0. The molecule has 33 heavy (non-hydrogen) atoms. The number of hydrogen-bond donors (Lipinski definition) is 7. The van der Waals surface area contributed by atoms with Crippen LogP contribution in [-0.4, -0.2) is 77.5 Å². The van der Waals surface area contributed by atoms with Crippen molar-refractivity contribution >= 4 is 41.4 Å². The Kier molecular flexibility index (Phi) is 14.9. The van der Waals surface area contributed by atoms with Gasteiger partial charge in [-0.1, -0.05) is 13.8 Å². The van der Waals surface area contributed by atoms with Gasteiger partial charge >= 0.3 is 5.97 Å². The molecule has 10 N–H and O–H groups in total. The highest BCUT2D eigenvalue weighted by molar-refractivity contribution is 7.98. The molecule has 0 aromatic carbocycles. The van der Waals surface area contributed by atoms with E-state index in [4.69, 9.17) is 17.2 Å². The van der Waals surface area contributed by atoms with Gasteiger partial charge in [0.05, 0.1) is 6.04 Å². The molecule has 0 aliphatic heterocycles. The van der Waals surface area contributed by atoms with Crippen molar-refractivity contribution in [3.05, 3.63) is 0 Å². The molecule has 0 spiro atoms. The Balaban J connectivity index is 4.94. The maximum absolute atomic E-state index is 12.7. The molecule has 4 atom stereocenters. The zero-order chi connectivity index (χ0) is 25.6. The number of guanidine groups is 1. The van der Waals surface area contributed by atoms with E-state index in [0.717, 1.165) is 0 Å². The number of aliphatic carboxylic acids is 1. The predicted molar refractivity (Wildman–Crippen MR) is 129 cm³/mol. The largest absolute Gasteiger partial charge is 0.480 e. The summed E-state index contributed by atoms with van der Waals surface area (Å²) in [5, 5.41) is 17.0. The first-order valence-corrected chi connectivity index (χ1v) is 12.2. The van der Waals surface area contributed by atoms with E-state index in [-0.39, 0.29) is 18.3 Å². The van der Waals surface area contributed by atoms with E-state index in [1.165, 1.54) is 18.7 Å². The molecule has 0 aromatic heterocycles. The number of rotatable bonds is 16. The lowest BCUT2D eigenvalue weighted by Crippen LogP contribution is -2.56. The maximum atomic E-state index is 12.7. The Morgan fingerprint density at radius 1 is 0.939 bits per heavy atom. The van der Waals surface area contributed by atoms with Crippen molar-refractivity contribution in [2.24, 2.45) is 28.1 Å². The van der Waals surface area contributed by atoms with Crippen LogP contribution >= 0.6 is 11.8 Å². The van der Waals surface area contributed by atoms with Crippen molar-refractivity contribution < 1.29 is 24.3 Å². The fourth-order valence-electron chi connectivity index (χ4n) is 2.80. The first-order chi connectivity index (χ1) is 15.4. The van der Waals surface area contributed by atoms with Crippen molar-refractivity contribution in [2.75, 3.05) is 18.6 Å². The summed E-state index contributed by atoms with van der Waals surface area (Å²) in [7, 11) is 0. The summed E-state index contributed by atoms with van der Waals surface area (Å²) >= 11 is 1.47. The number of nitrogens with one attached hydrogen (secondary N) is 3. The van der Waals surface area contributed by atoms with Crippen LogP contribution in [0.5, 0.6) is 0 Å². The van der Waals surface area contributed by atoms with Crippen molar-refractivity contribution in [1.82, 2.24) is 16.0 Å². The average Bonchev–Trinajstić information content (AvgIpc) is 2.72. The van der Waals surface area contributed by atoms with Crippen LogP contribution in [0.15, 0.2) is 4.99 Å². The van der Waals surface area contributed by atoms with Crippen LogP contribution in [0.2, 0.25) is 0 Å². The summed E-state index contributed by atoms with van der Waals surface area (Å²) in [5.41, 5.74) is 16.3. The van der Waals surface area contributed by atoms with E-state index < -0.39 is 47.9 Å². The third-order valence-corrected chi connectivity index (χ3v) is 5.27. The first-order valence-electron chi connectivity index (χ1n) is 10.8. The summed E-state index contributed by atoms with van der Waals surface area (Å²) in [4.78, 5) is 52.8. The lowest BCUT2D eigenvalue weighted by atomic mass is 10.0. The molecule has 0 heterocycles. The number of hydrogen-bond acceptors (Lipinski definition) is 7. The molecule has 0 saturated carbocycles. The zero-order valence-electron chi connectivity index (χ0n) is 19.8. The third kappa shape index (κ3) is 13.6. The Labute approximate surface area is 199 Å². The minimum atomic E-state index is -1.14. The van der Waals surface area contributed by atoms with Crippen LogP contribution in [-0.2, 0) is 19.2 Å². The van der Waals surface area contributed by atoms with Gasteiger partial charge < -0.3 is 38.3 Å². The molecule has 0 aromatic rings. The number of nitrogens with zero attached hydrogens (tertiary/aromatic N) is 1. The molecule has 0 saturated heterocycles. The van der Waals surface area contributed by atoms with Crippen LogP contribution in [0.4, 0.5) is 0 Å². The lowest BCUT2D eigenvalue weighted by molar-refractivity contribution is -0.142. The quantitative estimate of drug-likeness (QED) is 0.0779. The molecule has 0 aliphatic carbocycles. The van der Waals surface area contributed by atoms with Gasteiger partial charge in [-0.25, -0.2) is 4.79 Å². The standard InChI is InChI=1S/C20H39N7O5S/c1-11(2)10-15(18(30)26-14(19(31)32)7-9-33-4)27-16(28)12(3)25-17(29)13(21)6-5-8-24-20(22)23/h11-15H,5-10,21H2,1-4H3,(H,25,29)(H,26,30)(H,27,28)(H,31,32)(H4,22,23,24). The van der Waals surface area contributed by atoms with Gasteiger partial charge in [0.15, 0.2) is 5.96 Å². The summed E-state index contributed by atoms with van der Waals surface area (Å²) in [6.07, 6.45) is 3.22. The van der Waals surface area contributed by atoms with Crippen molar-refractivity contribution in [2.45, 2.75) is 70.6 Å². The zero-order valence-corrected chi connectivity index (χ0v) is 20.6. The van der Waals surface area contributed by atoms with E-state index >= 15 is 0 Å². The van der Waals surface area contributed by atoms with E-state index in [2.05, 4.69) is 20.9 Å². The summed E-state index contributed by atoms with van der Waals surface area (Å²) in [5.74, 6) is -2.24. The van der Waals surface area contributed by atoms with Crippen LogP contribution in [0.25, 0.3) is 0 Å². The highest BCUT2D eigenvalue weighted by Gasteiger charge is 2.29. The number of carboxylic acids is 1. The molecule has 3 amide bonds. The van der Waals surface area contributed by atoms with Gasteiger partial charge in [0, 0.05) is 6.54 Å². The van der Waals surface area contributed by atoms with E-state index in [9.17, 15) is 24.3 Å². The molecule has 0 bridgehead atoms. The fraction of sp³-hybridized carbons (Fsp3) is 0.750. The molecule has 13 heteroatoms. The number of carbonyl (C=O) groups is 4. The molecule has 0 radical (unpaired) electrons. The SMILES string of the molecule is CSCCC(NC(=O)C(CC(C)C)NC(=O)C(C)NC(=O)C(N)CCCN=C(N)N)C(=O)O. The van der Waals surface area contributed by atoms with E-state index in [1.807, 2.05) is 20.1 Å². The van der Waals surface area contributed by atoms with Gasteiger partial charge in [-0.2, -0.15) is 11.8 Å². The maximum Gasteiger partial charge on any atom is 0.326 e. The molecule has 190 valence electrons. The molecule has 0 fully saturated rings. The minimum absolute atomic E-state index is 0.0442. The van der Waals surface area contributed by atoms with Crippen molar-refractivity contribution in [3.8, 4) is 0 Å². The highest BCUT2D eigenvalue weighted by atomic mass is 32.2. The predicted octanol–water partition coefficient (Wildman–Crippen LogP) is -1.27. The van der Waals surface area contributed by atoms with Gasteiger partial charge in [0.25, 0.3) is 0 Å². The number of thioether (sulfide) groups is 1. The van der Waals surface area contributed by atoms with Crippen LogP contribution in [0.1, 0.15) is 46.5 Å². The van der Waals surface area contributed by atoms with Crippen molar-refractivity contribution in [1.29, 1.82) is 0 Å². The van der Waals surface area contributed by atoms with Gasteiger partial charge in [-0.05, 0) is 50.5 Å². The molecule has 0 aliphatic rings. The lowest BCUT2D eigenvalue weighted by Gasteiger charge is -2.24. The number of carbonyl (C=O) groups excluding carboxylic acids is 3. The molecular weight excluding hydrogens is 450 g/mol. The van der Waals surface area contributed by atoms with Gasteiger partial charge in [-0.3, -0.25) is 19.4 Å². The molecule has 12 nitrogen and oxygen atoms in total. The van der Waals surface area contributed by atoms with Crippen LogP contribution in [0, 0.1) is 5.92 Å². The average molecular weight is 490 g/mol. The third-order valence-electron chi connectivity index (χ3n) is 4.62. The monoisotopic (exact) mass is 489 g/mol. The molecular formula is C20H39N7O5S. The Bertz CT molecular complexity index is 686. The van der Waals surface area contributed by atoms with E-state index in [1.54, 1.807) is 0 Å².